The normalized spacial score (nSPS) is 10.1. The van der Waals surface area contributed by atoms with Crippen molar-refractivity contribution in [3.8, 4) is 0 Å². The summed E-state index contributed by atoms with van der Waals surface area (Å²) in [6.45, 7) is 0. The molecule has 0 atom stereocenters. The largest absolute Gasteiger partial charge is 0.387 e. The molecule has 0 aliphatic heterocycles. The van der Waals surface area contributed by atoms with Crippen LogP contribution in [0.3, 0.4) is 0 Å². The molecule has 6 heteroatoms. The van der Waals surface area contributed by atoms with Crippen molar-refractivity contribution < 1.29 is 9.18 Å². The third kappa shape index (κ3) is 3.40. The van der Waals surface area contributed by atoms with Crippen molar-refractivity contribution in [1.82, 2.24) is 4.98 Å². The Morgan fingerprint density at radius 3 is 2.68 bits per heavy atom. The summed E-state index contributed by atoms with van der Waals surface area (Å²) in [5.74, 6) is -0.661. The van der Waals surface area contributed by atoms with E-state index in [2.05, 4.69) is 15.6 Å². The summed E-state index contributed by atoms with van der Waals surface area (Å²) >= 11 is 1.96. The maximum atomic E-state index is 13.0. The van der Waals surface area contributed by atoms with Crippen LogP contribution >= 0.6 is 22.6 Å². The molecule has 2 rings (SSSR count). The molecule has 0 spiro atoms. The fraction of sp³-hybridized carbons (Fsp3) is 0.0769. The molecule has 19 heavy (non-hydrogen) atoms. The Kier molecular flexibility index (Phi) is 4.31. The fourth-order valence-corrected chi connectivity index (χ4v) is 2.07. The Balaban J connectivity index is 2.15. The van der Waals surface area contributed by atoms with Crippen molar-refractivity contribution in [2.75, 3.05) is 17.7 Å². The van der Waals surface area contributed by atoms with E-state index >= 15 is 0 Å². The van der Waals surface area contributed by atoms with Gasteiger partial charge in [0.2, 0.25) is 0 Å². The summed E-state index contributed by atoms with van der Waals surface area (Å²) in [4.78, 5) is 16.0. The van der Waals surface area contributed by atoms with E-state index in [0.717, 1.165) is 5.69 Å². The first-order valence-corrected chi connectivity index (χ1v) is 6.58. The van der Waals surface area contributed by atoms with E-state index in [1.54, 1.807) is 25.4 Å². The van der Waals surface area contributed by atoms with Gasteiger partial charge in [-0.3, -0.25) is 4.79 Å². The van der Waals surface area contributed by atoms with Crippen LogP contribution in [0.15, 0.2) is 36.5 Å². The third-order valence-corrected chi connectivity index (χ3v) is 3.36. The van der Waals surface area contributed by atoms with E-state index in [1.807, 2.05) is 22.6 Å². The number of amides is 1. The summed E-state index contributed by atoms with van der Waals surface area (Å²) in [6.07, 6.45) is 1.57. The van der Waals surface area contributed by atoms with Gasteiger partial charge in [0, 0.05) is 10.6 Å². The van der Waals surface area contributed by atoms with Gasteiger partial charge in [-0.05, 0) is 52.9 Å². The highest BCUT2D eigenvalue weighted by Crippen LogP contribution is 2.19. The molecule has 0 unspecified atom stereocenters. The summed E-state index contributed by atoms with van der Waals surface area (Å²) in [5, 5.41) is 5.62. The third-order valence-electron chi connectivity index (χ3n) is 2.46. The van der Waals surface area contributed by atoms with E-state index in [-0.39, 0.29) is 11.7 Å². The van der Waals surface area contributed by atoms with Crippen LogP contribution in [-0.4, -0.2) is 17.9 Å². The van der Waals surface area contributed by atoms with Gasteiger partial charge in [0.25, 0.3) is 5.91 Å². The van der Waals surface area contributed by atoms with Crippen molar-refractivity contribution in [3.05, 3.63) is 51.6 Å². The lowest BCUT2D eigenvalue weighted by Gasteiger charge is -2.07. The minimum absolute atomic E-state index is 0.305. The molecule has 2 aromatic rings. The smallest absolute Gasteiger partial charge is 0.274 e. The lowest BCUT2D eigenvalue weighted by Crippen LogP contribution is -2.14. The molecule has 0 bridgehead atoms. The zero-order valence-corrected chi connectivity index (χ0v) is 12.2. The van der Waals surface area contributed by atoms with Crippen molar-refractivity contribution in [1.29, 1.82) is 0 Å². The van der Waals surface area contributed by atoms with Crippen LogP contribution in [-0.2, 0) is 0 Å². The van der Waals surface area contributed by atoms with Gasteiger partial charge in [0.1, 0.15) is 11.5 Å². The van der Waals surface area contributed by atoms with Crippen LogP contribution in [0.2, 0.25) is 0 Å². The Hall–Kier alpha value is -1.70. The lowest BCUT2D eigenvalue weighted by molar-refractivity contribution is 0.102. The maximum absolute atomic E-state index is 13.0. The number of carbonyl (C=O) groups excluding carboxylic acids is 1. The van der Waals surface area contributed by atoms with E-state index in [1.165, 1.54) is 18.2 Å². The Bertz CT molecular complexity index is 601. The van der Waals surface area contributed by atoms with Crippen molar-refractivity contribution in [2.24, 2.45) is 0 Å². The minimum Gasteiger partial charge on any atom is -0.387 e. The van der Waals surface area contributed by atoms with Crippen LogP contribution < -0.4 is 10.6 Å². The number of halogens is 2. The molecule has 0 aliphatic rings. The number of nitrogens with zero attached hydrogens (tertiary/aromatic N) is 1. The van der Waals surface area contributed by atoms with Crippen LogP contribution in [0.25, 0.3) is 0 Å². The highest BCUT2D eigenvalue weighted by molar-refractivity contribution is 14.1. The number of anilines is 2. The molecule has 0 radical (unpaired) electrons. The molecule has 0 saturated heterocycles. The van der Waals surface area contributed by atoms with E-state index < -0.39 is 0 Å². The van der Waals surface area contributed by atoms with Crippen LogP contribution in [0, 0.1) is 9.39 Å². The topological polar surface area (TPSA) is 54.0 Å². The molecule has 2 N–H and O–H groups in total. The Labute approximate surface area is 123 Å². The van der Waals surface area contributed by atoms with Gasteiger partial charge >= 0.3 is 0 Å². The second kappa shape index (κ2) is 5.96. The van der Waals surface area contributed by atoms with Crippen LogP contribution in [0.1, 0.15) is 10.5 Å². The molecule has 0 aliphatic carbocycles. The SMILES string of the molecule is CNc1ccc(C(=O)Nc2ccc(F)cc2I)nc1. The van der Waals surface area contributed by atoms with E-state index in [9.17, 15) is 9.18 Å². The first-order chi connectivity index (χ1) is 9.10. The minimum atomic E-state index is -0.334. The zero-order valence-electron chi connectivity index (χ0n) is 10.1. The van der Waals surface area contributed by atoms with Crippen molar-refractivity contribution in [3.63, 3.8) is 0 Å². The maximum Gasteiger partial charge on any atom is 0.274 e. The van der Waals surface area contributed by atoms with Crippen molar-refractivity contribution in [2.45, 2.75) is 0 Å². The molecule has 1 aromatic heterocycles. The molecule has 4 nitrogen and oxygen atoms in total. The average molecular weight is 371 g/mol. The number of nitrogens with one attached hydrogen (secondary N) is 2. The first kappa shape index (κ1) is 13.7. The van der Waals surface area contributed by atoms with Gasteiger partial charge in [-0.2, -0.15) is 0 Å². The average Bonchev–Trinajstić information content (AvgIpc) is 2.42. The number of aromatic nitrogens is 1. The standard InChI is InChI=1S/C13H11FIN3O/c1-16-9-3-5-12(17-7-9)13(19)18-11-4-2-8(14)6-10(11)15/h2-7,16H,1H3,(H,18,19). The zero-order chi connectivity index (χ0) is 13.8. The molecule has 1 heterocycles. The molecular formula is C13H11FIN3O. The molecule has 1 amide bonds. The predicted octanol–water partition coefficient (Wildman–Crippen LogP) is 3.12. The summed E-state index contributed by atoms with van der Waals surface area (Å²) in [7, 11) is 1.78. The second-order valence-corrected chi connectivity index (χ2v) is 4.92. The number of hydrogen-bond acceptors (Lipinski definition) is 3. The van der Waals surface area contributed by atoms with Crippen molar-refractivity contribution >= 4 is 39.9 Å². The Morgan fingerprint density at radius 2 is 2.11 bits per heavy atom. The van der Waals surface area contributed by atoms with Crippen LogP contribution in [0.4, 0.5) is 15.8 Å². The summed E-state index contributed by atoms with van der Waals surface area (Å²) < 4.78 is 13.6. The number of carbonyl (C=O) groups is 1. The van der Waals surface area contributed by atoms with Crippen LogP contribution in [0.5, 0.6) is 0 Å². The number of hydrogen-bond donors (Lipinski definition) is 2. The van der Waals surface area contributed by atoms with Gasteiger partial charge < -0.3 is 10.6 Å². The van der Waals surface area contributed by atoms with Gasteiger partial charge in [0.15, 0.2) is 0 Å². The summed E-state index contributed by atoms with van der Waals surface area (Å²) in [6, 6.07) is 7.56. The monoisotopic (exact) mass is 371 g/mol. The second-order valence-electron chi connectivity index (χ2n) is 3.76. The summed E-state index contributed by atoms with van der Waals surface area (Å²) in [5.41, 5.74) is 1.69. The highest BCUT2D eigenvalue weighted by Gasteiger charge is 2.09. The molecule has 1 aromatic carbocycles. The molecule has 98 valence electrons. The fourth-order valence-electron chi connectivity index (χ4n) is 1.45. The highest BCUT2D eigenvalue weighted by atomic mass is 127. The predicted molar refractivity (Wildman–Crippen MR) is 80.9 cm³/mol. The quantitative estimate of drug-likeness (QED) is 0.816. The molecular weight excluding hydrogens is 360 g/mol. The van der Waals surface area contributed by atoms with Gasteiger partial charge in [-0.15, -0.1) is 0 Å². The number of benzene rings is 1. The van der Waals surface area contributed by atoms with Gasteiger partial charge in [0.05, 0.1) is 17.6 Å². The van der Waals surface area contributed by atoms with E-state index in [4.69, 9.17) is 0 Å². The van der Waals surface area contributed by atoms with Gasteiger partial charge in [-0.1, -0.05) is 0 Å². The number of pyridine rings is 1. The lowest BCUT2D eigenvalue weighted by atomic mass is 10.3. The molecule has 0 saturated carbocycles. The first-order valence-electron chi connectivity index (χ1n) is 5.50. The number of rotatable bonds is 3. The molecule has 0 fully saturated rings. The van der Waals surface area contributed by atoms with Gasteiger partial charge in [-0.25, -0.2) is 9.37 Å². The van der Waals surface area contributed by atoms with E-state index in [0.29, 0.717) is 15.0 Å². The Morgan fingerprint density at radius 1 is 1.32 bits per heavy atom.